The quantitative estimate of drug-likeness (QED) is 0.487. The standard InChI is InChI=1S/C12H16BrN3O2S/c1-7(2)18-11-9(13)4-8(5-10(11)17-3)6-15-16-12(14)19/h4-7H,1-3H3,(H3,14,16,19). The van der Waals surface area contributed by atoms with Crippen molar-refractivity contribution in [1.29, 1.82) is 0 Å². The Morgan fingerprint density at radius 1 is 1.53 bits per heavy atom. The van der Waals surface area contributed by atoms with Crippen LogP contribution in [0.15, 0.2) is 21.7 Å². The first-order valence-corrected chi connectivity index (χ1v) is 6.77. The molecule has 1 aromatic carbocycles. The number of nitrogens with zero attached hydrogens (tertiary/aromatic N) is 1. The zero-order valence-electron chi connectivity index (χ0n) is 10.9. The molecule has 0 aliphatic rings. The molecule has 0 amide bonds. The molecular formula is C12H16BrN3O2S. The van der Waals surface area contributed by atoms with Gasteiger partial charge < -0.3 is 15.2 Å². The summed E-state index contributed by atoms with van der Waals surface area (Å²) in [6.07, 6.45) is 1.65. The van der Waals surface area contributed by atoms with E-state index in [1.54, 1.807) is 13.3 Å². The Hall–Kier alpha value is -1.34. The SMILES string of the molecule is COc1cc(C=NNC(N)=S)cc(Br)c1OC(C)C. The van der Waals surface area contributed by atoms with Gasteiger partial charge in [-0.2, -0.15) is 5.10 Å². The van der Waals surface area contributed by atoms with E-state index in [1.165, 1.54) is 0 Å². The minimum atomic E-state index is 0.0565. The average Bonchev–Trinajstić information content (AvgIpc) is 2.31. The second-order valence-electron chi connectivity index (χ2n) is 3.93. The van der Waals surface area contributed by atoms with E-state index >= 15 is 0 Å². The van der Waals surface area contributed by atoms with Gasteiger partial charge in [0.25, 0.3) is 0 Å². The summed E-state index contributed by atoms with van der Waals surface area (Å²) in [5, 5.41) is 4.00. The highest BCUT2D eigenvalue weighted by Crippen LogP contribution is 2.36. The van der Waals surface area contributed by atoms with Crippen molar-refractivity contribution in [2.24, 2.45) is 10.8 Å². The fourth-order valence-electron chi connectivity index (χ4n) is 1.33. The van der Waals surface area contributed by atoms with Crippen molar-refractivity contribution in [2.45, 2.75) is 20.0 Å². The van der Waals surface area contributed by atoms with E-state index in [1.807, 2.05) is 26.0 Å². The van der Waals surface area contributed by atoms with Crippen LogP contribution in [0.3, 0.4) is 0 Å². The summed E-state index contributed by atoms with van der Waals surface area (Å²) in [5.41, 5.74) is 8.59. The molecule has 0 radical (unpaired) electrons. The number of halogens is 1. The fraction of sp³-hybridized carbons (Fsp3) is 0.333. The summed E-state index contributed by atoms with van der Waals surface area (Å²) < 4.78 is 11.8. The van der Waals surface area contributed by atoms with Crippen LogP contribution >= 0.6 is 28.1 Å². The van der Waals surface area contributed by atoms with E-state index in [0.29, 0.717) is 11.5 Å². The summed E-state index contributed by atoms with van der Waals surface area (Å²) in [7, 11) is 1.59. The highest BCUT2D eigenvalue weighted by molar-refractivity contribution is 9.10. The molecule has 0 heterocycles. The van der Waals surface area contributed by atoms with Crippen LogP contribution in [0.1, 0.15) is 19.4 Å². The molecule has 7 heteroatoms. The molecule has 5 nitrogen and oxygen atoms in total. The van der Waals surface area contributed by atoms with Crippen LogP contribution in [0.4, 0.5) is 0 Å². The number of benzene rings is 1. The average molecular weight is 346 g/mol. The number of thiocarbonyl (C=S) groups is 1. The van der Waals surface area contributed by atoms with Crippen LogP contribution in [0.25, 0.3) is 0 Å². The van der Waals surface area contributed by atoms with Crippen LogP contribution in [-0.2, 0) is 0 Å². The summed E-state index contributed by atoms with van der Waals surface area (Å²) >= 11 is 8.10. The van der Waals surface area contributed by atoms with Gasteiger partial charge in [0.2, 0.25) is 0 Å². The second kappa shape index (κ2) is 7.30. The molecule has 0 aliphatic carbocycles. The van der Waals surface area contributed by atoms with Crippen molar-refractivity contribution in [2.75, 3.05) is 7.11 Å². The van der Waals surface area contributed by atoms with Gasteiger partial charge in [0.05, 0.1) is 23.9 Å². The lowest BCUT2D eigenvalue weighted by Gasteiger charge is -2.15. The van der Waals surface area contributed by atoms with Crippen molar-refractivity contribution in [3.8, 4) is 11.5 Å². The molecule has 3 N–H and O–H groups in total. The molecule has 104 valence electrons. The van der Waals surface area contributed by atoms with Crippen molar-refractivity contribution in [3.05, 3.63) is 22.2 Å². The maximum Gasteiger partial charge on any atom is 0.184 e. The molecule has 0 fully saturated rings. The highest BCUT2D eigenvalue weighted by atomic mass is 79.9. The highest BCUT2D eigenvalue weighted by Gasteiger charge is 2.12. The zero-order chi connectivity index (χ0) is 14.4. The van der Waals surface area contributed by atoms with Crippen molar-refractivity contribution >= 4 is 39.5 Å². The Morgan fingerprint density at radius 3 is 2.74 bits per heavy atom. The third-order valence-corrected chi connectivity index (χ3v) is 2.67. The van der Waals surface area contributed by atoms with Crippen LogP contribution in [0, 0.1) is 0 Å². The third kappa shape index (κ3) is 5.04. The van der Waals surface area contributed by atoms with Crippen molar-refractivity contribution in [1.82, 2.24) is 5.43 Å². The molecule has 1 aromatic rings. The topological polar surface area (TPSA) is 68.9 Å². The van der Waals surface area contributed by atoms with E-state index in [0.717, 1.165) is 10.0 Å². The van der Waals surface area contributed by atoms with E-state index in [9.17, 15) is 0 Å². The largest absolute Gasteiger partial charge is 0.493 e. The third-order valence-electron chi connectivity index (χ3n) is 1.99. The van der Waals surface area contributed by atoms with E-state index in [-0.39, 0.29) is 11.2 Å². The van der Waals surface area contributed by atoms with Gasteiger partial charge in [-0.1, -0.05) is 0 Å². The van der Waals surface area contributed by atoms with Gasteiger partial charge in [-0.3, -0.25) is 5.43 Å². The number of hydrazone groups is 1. The molecule has 0 saturated carbocycles. The molecule has 19 heavy (non-hydrogen) atoms. The van der Waals surface area contributed by atoms with Crippen LogP contribution in [0.5, 0.6) is 11.5 Å². The van der Waals surface area contributed by atoms with Gasteiger partial charge in [0.1, 0.15) is 0 Å². The summed E-state index contributed by atoms with van der Waals surface area (Å²) in [5.74, 6) is 1.29. The molecule has 0 saturated heterocycles. The summed E-state index contributed by atoms with van der Waals surface area (Å²) in [4.78, 5) is 0. The number of nitrogens with one attached hydrogen (secondary N) is 1. The normalized spacial score (nSPS) is 10.8. The molecule has 0 atom stereocenters. The van der Waals surface area contributed by atoms with Gasteiger partial charge in [-0.05, 0) is 59.7 Å². The Balaban J connectivity index is 3.01. The smallest absolute Gasteiger partial charge is 0.184 e. The number of hydrogen-bond donors (Lipinski definition) is 2. The molecule has 1 rings (SSSR count). The second-order valence-corrected chi connectivity index (χ2v) is 5.23. The Bertz CT molecular complexity index is 492. The maximum absolute atomic E-state index is 5.69. The van der Waals surface area contributed by atoms with Gasteiger partial charge in [-0.25, -0.2) is 0 Å². The van der Waals surface area contributed by atoms with Crippen molar-refractivity contribution < 1.29 is 9.47 Å². The molecule has 0 bridgehead atoms. The predicted molar refractivity (Wildman–Crippen MR) is 84.0 cm³/mol. The molecule has 0 spiro atoms. The number of ether oxygens (including phenoxy) is 2. The number of rotatable bonds is 5. The monoisotopic (exact) mass is 345 g/mol. The minimum absolute atomic E-state index is 0.0565. The Morgan fingerprint density at radius 2 is 2.21 bits per heavy atom. The summed E-state index contributed by atoms with van der Waals surface area (Å²) in [6.45, 7) is 3.90. The Labute approximate surface area is 126 Å². The van der Waals surface area contributed by atoms with Crippen molar-refractivity contribution in [3.63, 3.8) is 0 Å². The maximum atomic E-state index is 5.69. The van der Waals surface area contributed by atoms with Gasteiger partial charge >= 0.3 is 0 Å². The lowest BCUT2D eigenvalue weighted by molar-refractivity contribution is 0.228. The first kappa shape index (κ1) is 15.7. The minimum Gasteiger partial charge on any atom is -0.493 e. The fourth-order valence-corrected chi connectivity index (χ4v) is 1.94. The molecule has 0 unspecified atom stereocenters. The van der Waals surface area contributed by atoms with Gasteiger partial charge in [0.15, 0.2) is 16.6 Å². The van der Waals surface area contributed by atoms with E-state index < -0.39 is 0 Å². The molecule has 0 aromatic heterocycles. The summed E-state index contributed by atoms with van der Waals surface area (Å²) in [6, 6.07) is 3.68. The lowest BCUT2D eigenvalue weighted by Crippen LogP contribution is -2.24. The van der Waals surface area contributed by atoms with Gasteiger partial charge in [0, 0.05) is 0 Å². The number of nitrogens with two attached hydrogens (primary N) is 1. The number of methoxy groups -OCH3 is 1. The van der Waals surface area contributed by atoms with E-state index in [4.69, 9.17) is 15.2 Å². The van der Waals surface area contributed by atoms with E-state index in [2.05, 4.69) is 38.7 Å². The number of hydrogen-bond acceptors (Lipinski definition) is 4. The van der Waals surface area contributed by atoms with Gasteiger partial charge in [-0.15, -0.1) is 0 Å². The van der Waals surface area contributed by atoms with Crippen LogP contribution in [-0.4, -0.2) is 24.5 Å². The lowest BCUT2D eigenvalue weighted by atomic mass is 10.2. The Kier molecular flexibility index (Phi) is 6.04. The van der Waals surface area contributed by atoms with Crippen LogP contribution < -0.4 is 20.6 Å². The predicted octanol–water partition coefficient (Wildman–Crippen LogP) is 2.41. The first-order chi connectivity index (χ1) is 8.93. The zero-order valence-corrected chi connectivity index (χ0v) is 13.3. The molecular weight excluding hydrogens is 330 g/mol. The molecule has 0 aliphatic heterocycles. The first-order valence-electron chi connectivity index (χ1n) is 5.56. The van der Waals surface area contributed by atoms with Crippen LogP contribution in [0.2, 0.25) is 0 Å².